The number of aryl methyl sites for hydroxylation is 1. The third-order valence-corrected chi connectivity index (χ3v) is 4.23. The number of halogens is 2. The molecule has 0 bridgehead atoms. The van der Waals surface area contributed by atoms with E-state index in [-0.39, 0.29) is 6.61 Å². The Morgan fingerprint density at radius 3 is 2.59 bits per heavy atom. The van der Waals surface area contributed by atoms with Gasteiger partial charge in [0, 0.05) is 5.02 Å². The number of hydrazone groups is 1. The Morgan fingerprint density at radius 1 is 1.19 bits per heavy atom. The highest BCUT2D eigenvalue weighted by Crippen LogP contribution is 2.21. The molecule has 0 spiro atoms. The minimum atomic E-state index is -0.398. The van der Waals surface area contributed by atoms with E-state index in [1.807, 2.05) is 37.3 Å². The Labute approximate surface area is 166 Å². The largest absolute Gasteiger partial charge is 0.484 e. The van der Waals surface area contributed by atoms with Crippen LogP contribution in [-0.2, 0) is 4.79 Å². The average Bonchev–Trinajstić information content (AvgIpc) is 2.96. The van der Waals surface area contributed by atoms with E-state index in [4.69, 9.17) is 27.9 Å². The maximum absolute atomic E-state index is 11.8. The lowest BCUT2D eigenvalue weighted by Crippen LogP contribution is -2.24. The first-order valence-electron chi connectivity index (χ1n) is 8.05. The zero-order valence-electron chi connectivity index (χ0n) is 14.4. The lowest BCUT2D eigenvalue weighted by atomic mass is 10.3. The van der Waals surface area contributed by atoms with Crippen LogP contribution in [0.25, 0.3) is 5.69 Å². The molecule has 0 fully saturated rings. The van der Waals surface area contributed by atoms with Crippen LogP contribution in [0.5, 0.6) is 5.75 Å². The molecule has 0 saturated carbocycles. The molecule has 1 N–H and O–H groups in total. The van der Waals surface area contributed by atoms with Gasteiger partial charge in [0.15, 0.2) is 6.61 Å². The average molecular weight is 403 g/mol. The van der Waals surface area contributed by atoms with Crippen molar-refractivity contribution in [1.82, 2.24) is 15.2 Å². The molecule has 0 aliphatic carbocycles. The van der Waals surface area contributed by atoms with Gasteiger partial charge in [0.25, 0.3) is 5.91 Å². The summed E-state index contributed by atoms with van der Waals surface area (Å²) < 4.78 is 6.96. The molecule has 138 valence electrons. The zero-order chi connectivity index (χ0) is 19.2. The molecular weight excluding hydrogens is 387 g/mol. The molecule has 8 heteroatoms. The molecule has 0 aliphatic heterocycles. The van der Waals surface area contributed by atoms with Crippen LogP contribution in [-0.4, -0.2) is 28.5 Å². The van der Waals surface area contributed by atoms with E-state index in [0.29, 0.717) is 27.2 Å². The van der Waals surface area contributed by atoms with Crippen molar-refractivity contribution < 1.29 is 9.53 Å². The van der Waals surface area contributed by atoms with Gasteiger partial charge in [-0.1, -0.05) is 41.4 Å². The monoisotopic (exact) mass is 402 g/mol. The van der Waals surface area contributed by atoms with Gasteiger partial charge in [-0.25, -0.2) is 10.1 Å². The minimum Gasteiger partial charge on any atom is -0.484 e. The first-order valence-corrected chi connectivity index (χ1v) is 8.81. The summed E-state index contributed by atoms with van der Waals surface area (Å²) in [5.41, 5.74) is 4.56. The molecule has 0 atom stereocenters. The highest BCUT2D eigenvalue weighted by Gasteiger charge is 2.13. The van der Waals surface area contributed by atoms with Crippen molar-refractivity contribution in [1.29, 1.82) is 0 Å². The molecule has 27 heavy (non-hydrogen) atoms. The smallest absolute Gasteiger partial charge is 0.277 e. The van der Waals surface area contributed by atoms with Crippen LogP contribution in [0.15, 0.2) is 59.7 Å². The number of carbonyl (C=O) groups excluding carboxylic acids is 1. The third kappa shape index (κ3) is 4.87. The van der Waals surface area contributed by atoms with Crippen molar-refractivity contribution in [3.63, 3.8) is 0 Å². The van der Waals surface area contributed by atoms with Gasteiger partial charge in [0.1, 0.15) is 10.9 Å². The quantitative estimate of drug-likeness (QED) is 0.500. The molecule has 1 heterocycles. The first-order chi connectivity index (χ1) is 13.0. The van der Waals surface area contributed by atoms with Gasteiger partial charge in [-0.05, 0) is 43.3 Å². The highest BCUT2D eigenvalue weighted by atomic mass is 35.5. The van der Waals surface area contributed by atoms with Crippen LogP contribution in [0.4, 0.5) is 0 Å². The summed E-state index contributed by atoms with van der Waals surface area (Å²) in [5, 5.41) is 9.35. The maximum Gasteiger partial charge on any atom is 0.277 e. The van der Waals surface area contributed by atoms with E-state index in [1.165, 1.54) is 6.21 Å². The molecule has 0 saturated heterocycles. The third-order valence-electron chi connectivity index (χ3n) is 3.62. The van der Waals surface area contributed by atoms with Gasteiger partial charge in [0.05, 0.1) is 23.2 Å². The predicted octanol–water partition coefficient (Wildman–Crippen LogP) is 4.02. The van der Waals surface area contributed by atoms with Crippen LogP contribution in [0.2, 0.25) is 10.2 Å². The second-order valence-corrected chi connectivity index (χ2v) is 6.37. The number of benzene rings is 2. The Hall–Kier alpha value is -2.83. The topological polar surface area (TPSA) is 68.5 Å². The fraction of sp³-hybridized carbons (Fsp3) is 0.105. The summed E-state index contributed by atoms with van der Waals surface area (Å²) in [5.74, 6) is 0.145. The normalized spacial score (nSPS) is 10.9. The summed E-state index contributed by atoms with van der Waals surface area (Å²) in [7, 11) is 0. The van der Waals surface area contributed by atoms with Gasteiger partial charge in [-0.2, -0.15) is 10.2 Å². The van der Waals surface area contributed by atoms with Crippen molar-refractivity contribution in [3.05, 3.63) is 76.0 Å². The molecule has 2 aromatic carbocycles. The minimum absolute atomic E-state index is 0.172. The maximum atomic E-state index is 11.8. The Morgan fingerprint density at radius 2 is 1.89 bits per heavy atom. The number of carbonyl (C=O) groups is 1. The fourth-order valence-corrected chi connectivity index (χ4v) is 2.73. The van der Waals surface area contributed by atoms with E-state index >= 15 is 0 Å². The summed E-state index contributed by atoms with van der Waals surface area (Å²) in [6, 6.07) is 16.2. The standard InChI is InChI=1S/C19H16Cl2N4O2/c1-13-17(19(21)25(24-13)15-5-3-2-4-6-15)11-22-23-18(26)12-27-16-9-7-14(20)8-10-16/h2-11H,12H2,1H3,(H,23,26). The second-order valence-electron chi connectivity index (χ2n) is 5.57. The van der Waals surface area contributed by atoms with Gasteiger partial charge in [-0.15, -0.1) is 0 Å². The number of nitrogens with one attached hydrogen (secondary N) is 1. The van der Waals surface area contributed by atoms with Crippen LogP contribution < -0.4 is 10.2 Å². The Kier molecular flexibility index (Phi) is 6.11. The Bertz CT molecular complexity index is 954. The lowest BCUT2D eigenvalue weighted by Gasteiger charge is -2.04. The van der Waals surface area contributed by atoms with Gasteiger partial charge >= 0.3 is 0 Å². The molecule has 0 radical (unpaired) electrons. The predicted molar refractivity (Wildman–Crippen MR) is 106 cm³/mol. The molecule has 3 rings (SSSR count). The number of hydrogen-bond donors (Lipinski definition) is 1. The van der Waals surface area contributed by atoms with E-state index < -0.39 is 5.91 Å². The highest BCUT2D eigenvalue weighted by molar-refractivity contribution is 6.32. The number of rotatable bonds is 6. The zero-order valence-corrected chi connectivity index (χ0v) is 15.9. The number of aromatic nitrogens is 2. The number of hydrogen-bond acceptors (Lipinski definition) is 4. The molecule has 6 nitrogen and oxygen atoms in total. The molecular formula is C19H16Cl2N4O2. The van der Waals surface area contributed by atoms with E-state index in [9.17, 15) is 4.79 Å². The SMILES string of the molecule is Cc1nn(-c2ccccc2)c(Cl)c1C=NNC(=O)COc1ccc(Cl)cc1. The van der Waals surface area contributed by atoms with Crippen LogP contribution in [0.1, 0.15) is 11.3 Å². The van der Waals surface area contributed by atoms with Gasteiger partial charge in [-0.3, -0.25) is 4.79 Å². The van der Waals surface area contributed by atoms with E-state index in [2.05, 4.69) is 15.6 Å². The summed E-state index contributed by atoms with van der Waals surface area (Å²) in [6.07, 6.45) is 1.46. The van der Waals surface area contributed by atoms with Crippen LogP contribution >= 0.6 is 23.2 Å². The number of para-hydroxylation sites is 1. The Balaban J connectivity index is 1.60. The number of nitrogens with zero attached hydrogens (tertiary/aromatic N) is 3. The van der Waals surface area contributed by atoms with Crippen molar-refractivity contribution >= 4 is 35.3 Å². The second kappa shape index (κ2) is 8.70. The molecule has 0 aliphatic rings. The van der Waals surface area contributed by atoms with Crippen LogP contribution in [0, 0.1) is 6.92 Å². The number of amides is 1. The molecule has 1 aromatic heterocycles. The van der Waals surface area contributed by atoms with Gasteiger partial charge in [0.2, 0.25) is 0 Å². The number of ether oxygens (including phenoxy) is 1. The van der Waals surface area contributed by atoms with E-state index in [1.54, 1.807) is 28.9 Å². The van der Waals surface area contributed by atoms with Crippen molar-refractivity contribution in [2.45, 2.75) is 6.92 Å². The van der Waals surface area contributed by atoms with Gasteiger partial charge < -0.3 is 4.74 Å². The fourth-order valence-electron chi connectivity index (χ4n) is 2.28. The van der Waals surface area contributed by atoms with Crippen LogP contribution in [0.3, 0.4) is 0 Å². The molecule has 1 amide bonds. The van der Waals surface area contributed by atoms with Crippen molar-refractivity contribution in [2.24, 2.45) is 5.10 Å². The lowest BCUT2D eigenvalue weighted by molar-refractivity contribution is -0.123. The summed E-state index contributed by atoms with van der Waals surface area (Å²) in [4.78, 5) is 11.8. The van der Waals surface area contributed by atoms with E-state index in [0.717, 1.165) is 5.69 Å². The summed E-state index contributed by atoms with van der Waals surface area (Å²) in [6.45, 7) is 1.65. The molecule has 3 aromatic rings. The first kappa shape index (κ1) is 18.9. The molecule has 0 unspecified atom stereocenters. The van der Waals surface area contributed by atoms with Crippen molar-refractivity contribution in [3.8, 4) is 11.4 Å². The summed E-state index contributed by atoms with van der Waals surface area (Å²) >= 11 is 12.2. The van der Waals surface area contributed by atoms with Crippen molar-refractivity contribution in [2.75, 3.05) is 6.61 Å².